The van der Waals surface area contributed by atoms with Gasteiger partial charge in [-0.05, 0) is 19.8 Å². The van der Waals surface area contributed by atoms with E-state index in [1.54, 1.807) is 0 Å². The van der Waals surface area contributed by atoms with E-state index in [1.165, 1.54) is 32.4 Å². The van der Waals surface area contributed by atoms with Gasteiger partial charge < -0.3 is 5.32 Å². The first-order valence-electron chi connectivity index (χ1n) is 6.40. The van der Waals surface area contributed by atoms with Gasteiger partial charge in [-0.15, -0.1) is 0 Å². The summed E-state index contributed by atoms with van der Waals surface area (Å²) in [6.07, 6.45) is 8.29. The lowest BCUT2D eigenvalue weighted by atomic mass is 10.0. The van der Waals surface area contributed by atoms with Crippen LogP contribution in [-0.2, 0) is 0 Å². The van der Waals surface area contributed by atoms with E-state index < -0.39 is 0 Å². The Bertz CT molecular complexity index is 189. The maximum absolute atomic E-state index is 3.64. The smallest absolute Gasteiger partial charge is 0.0224 e. The maximum atomic E-state index is 3.64. The van der Waals surface area contributed by atoms with E-state index in [9.17, 15) is 0 Å². The van der Waals surface area contributed by atoms with Gasteiger partial charge in [-0.1, -0.05) is 32.4 Å². The first-order valence-corrected chi connectivity index (χ1v) is 6.40. The summed E-state index contributed by atoms with van der Waals surface area (Å²) < 4.78 is 0. The number of nitrogens with one attached hydrogen (secondary N) is 1. The van der Waals surface area contributed by atoms with Crippen LogP contribution in [-0.4, -0.2) is 36.6 Å². The molecule has 1 N–H and O–H groups in total. The highest BCUT2D eigenvalue weighted by Crippen LogP contribution is 2.13. The number of hydrogen-bond acceptors (Lipinski definition) is 2. The van der Waals surface area contributed by atoms with E-state index in [1.807, 2.05) is 0 Å². The third-order valence-electron chi connectivity index (χ3n) is 3.30. The van der Waals surface area contributed by atoms with Gasteiger partial charge in [-0.3, -0.25) is 4.90 Å². The van der Waals surface area contributed by atoms with Crippen LogP contribution in [0.4, 0.5) is 0 Å². The quantitative estimate of drug-likeness (QED) is 0.701. The standard InChI is InChI=1S/C13H26N2/c1-4-7-9-15-11-12(6-3)14-10-13(15)8-5-2/h4,7,12-14H,5-6,8-11H2,1-3H3/b7-4+. The van der Waals surface area contributed by atoms with Crippen LogP contribution in [0.1, 0.15) is 40.0 Å². The Hall–Kier alpha value is -0.340. The Labute approximate surface area is 94.7 Å². The van der Waals surface area contributed by atoms with Crippen molar-refractivity contribution in [1.82, 2.24) is 10.2 Å². The van der Waals surface area contributed by atoms with Crippen LogP contribution in [0.5, 0.6) is 0 Å². The molecule has 2 nitrogen and oxygen atoms in total. The zero-order chi connectivity index (χ0) is 11.1. The molecule has 2 atom stereocenters. The van der Waals surface area contributed by atoms with E-state index >= 15 is 0 Å². The predicted octanol–water partition coefficient (Wildman–Crippen LogP) is 2.42. The Kier molecular flexibility index (Phi) is 5.96. The zero-order valence-corrected chi connectivity index (χ0v) is 10.5. The lowest BCUT2D eigenvalue weighted by molar-refractivity contribution is 0.135. The van der Waals surface area contributed by atoms with Crippen molar-refractivity contribution in [2.45, 2.75) is 52.1 Å². The van der Waals surface area contributed by atoms with Crippen molar-refractivity contribution in [3.8, 4) is 0 Å². The second-order valence-electron chi connectivity index (χ2n) is 4.48. The van der Waals surface area contributed by atoms with Crippen LogP contribution >= 0.6 is 0 Å². The van der Waals surface area contributed by atoms with E-state index in [0.717, 1.165) is 12.6 Å². The second-order valence-corrected chi connectivity index (χ2v) is 4.48. The van der Waals surface area contributed by atoms with Gasteiger partial charge in [0.15, 0.2) is 0 Å². The molecule has 1 aliphatic rings. The Morgan fingerprint density at radius 2 is 2.20 bits per heavy atom. The molecule has 88 valence electrons. The van der Waals surface area contributed by atoms with Crippen LogP contribution in [0.15, 0.2) is 12.2 Å². The monoisotopic (exact) mass is 210 g/mol. The van der Waals surface area contributed by atoms with Gasteiger partial charge in [0, 0.05) is 31.7 Å². The first-order chi connectivity index (χ1) is 7.31. The molecule has 0 aromatic rings. The minimum Gasteiger partial charge on any atom is -0.311 e. The van der Waals surface area contributed by atoms with Crippen LogP contribution in [0.25, 0.3) is 0 Å². The SMILES string of the molecule is C/C=C/CN1CC(CC)NCC1CCC. The molecule has 1 aliphatic heterocycles. The summed E-state index contributed by atoms with van der Waals surface area (Å²) in [5.74, 6) is 0. The van der Waals surface area contributed by atoms with Crippen LogP contribution in [0, 0.1) is 0 Å². The predicted molar refractivity (Wildman–Crippen MR) is 67.2 cm³/mol. The largest absolute Gasteiger partial charge is 0.311 e. The summed E-state index contributed by atoms with van der Waals surface area (Å²) in [6, 6.07) is 1.44. The lowest BCUT2D eigenvalue weighted by Gasteiger charge is -2.39. The van der Waals surface area contributed by atoms with Crippen molar-refractivity contribution in [2.75, 3.05) is 19.6 Å². The maximum Gasteiger partial charge on any atom is 0.0224 e. The Morgan fingerprint density at radius 3 is 2.80 bits per heavy atom. The molecule has 0 radical (unpaired) electrons. The molecule has 0 amide bonds. The fourth-order valence-electron chi connectivity index (χ4n) is 2.28. The number of rotatable bonds is 5. The summed E-state index contributed by atoms with van der Waals surface area (Å²) in [7, 11) is 0. The summed E-state index contributed by atoms with van der Waals surface area (Å²) in [5.41, 5.74) is 0. The highest BCUT2D eigenvalue weighted by atomic mass is 15.2. The van der Waals surface area contributed by atoms with Crippen LogP contribution in [0.3, 0.4) is 0 Å². The molecule has 2 heteroatoms. The molecular formula is C13H26N2. The molecular weight excluding hydrogens is 184 g/mol. The summed E-state index contributed by atoms with van der Waals surface area (Å²) in [5, 5.41) is 3.64. The van der Waals surface area contributed by atoms with Crippen LogP contribution in [0.2, 0.25) is 0 Å². The van der Waals surface area contributed by atoms with Gasteiger partial charge in [0.2, 0.25) is 0 Å². The number of nitrogens with zero attached hydrogens (tertiary/aromatic N) is 1. The molecule has 0 aromatic carbocycles. The highest BCUT2D eigenvalue weighted by Gasteiger charge is 2.24. The minimum absolute atomic E-state index is 0.698. The normalized spacial score (nSPS) is 28.7. The Balaban J connectivity index is 2.48. The molecule has 0 bridgehead atoms. The molecule has 2 unspecified atom stereocenters. The van der Waals surface area contributed by atoms with Crippen LogP contribution < -0.4 is 5.32 Å². The van der Waals surface area contributed by atoms with Gasteiger partial charge in [0.05, 0.1) is 0 Å². The van der Waals surface area contributed by atoms with Crippen molar-refractivity contribution in [3.05, 3.63) is 12.2 Å². The molecule has 1 rings (SSSR count). The Morgan fingerprint density at radius 1 is 1.40 bits per heavy atom. The number of allylic oxidation sites excluding steroid dienone is 1. The third-order valence-corrected chi connectivity index (χ3v) is 3.30. The van der Waals surface area contributed by atoms with Gasteiger partial charge in [0.1, 0.15) is 0 Å². The average Bonchev–Trinajstić information content (AvgIpc) is 2.28. The molecule has 0 aliphatic carbocycles. The van der Waals surface area contributed by atoms with Crippen molar-refractivity contribution < 1.29 is 0 Å². The molecule has 1 saturated heterocycles. The minimum atomic E-state index is 0.698. The number of hydrogen-bond donors (Lipinski definition) is 1. The van der Waals surface area contributed by atoms with Gasteiger partial charge in [-0.2, -0.15) is 0 Å². The molecule has 0 spiro atoms. The fraction of sp³-hybridized carbons (Fsp3) is 0.846. The summed E-state index contributed by atoms with van der Waals surface area (Å²) in [4.78, 5) is 2.63. The molecule has 15 heavy (non-hydrogen) atoms. The highest BCUT2D eigenvalue weighted by molar-refractivity contribution is 4.90. The van der Waals surface area contributed by atoms with Gasteiger partial charge in [-0.25, -0.2) is 0 Å². The zero-order valence-electron chi connectivity index (χ0n) is 10.5. The third kappa shape index (κ3) is 3.96. The summed E-state index contributed by atoms with van der Waals surface area (Å²) in [6.45, 7) is 10.2. The fourth-order valence-corrected chi connectivity index (χ4v) is 2.28. The van der Waals surface area contributed by atoms with E-state index in [0.29, 0.717) is 6.04 Å². The topological polar surface area (TPSA) is 15.3 Å². The molecule has 1 fully saturated rings. The van der Waals surface area contributed by atoms with Crippen molar-refractivity contribution in [2.24, 2.45) is 0 Å². The molecule has 0 saturated carbocycles. The lowest BCUT2D eigenvalue weighted by Crippen LogP contribution is -2.56. The van der Waals surface area contributed by atoms with E-state index in [-0.39, 0.29) is 0 Å². The second kappa shape index (κ2) is 7.02. The molecule has 1 heterocycles. The first kappa shape index (κ1) is 12.7. The van der Waals surface area contributed by atoms with Crippen molar-refractivity contribution >= 4 is 0 Å². The summed E-state index contributed by atoms with van der Waals surface area (Å²) >= 11 is 0. The van der Waals surface area contributed by atoms with E-state index in [4.69, 9.17) is 0 Å². The van der Waals surface area contributed by atoms with Crippen molar-refractivity contribution in [3.63, 3.8) is 0 Å². The van der Waals surface area contributed by atoms with Gasteiger partial charge in [0.25, 0.3) is 0 Å². The average molecular weight is 210 g/mol. The molecule has 0 aromatic heterocycles. The van der Waals surface area contributed by atoms with Gasteiger partial charge >= 0.3 is 0 Å². The van der Waals surface area contributed by atoms with Crippen molar-refractivity contribution in [1.29, 1.82) is 0 Å². The van der Waals surface area contributed by atoms with E-state index in [2.05, 4.69) is 43.1 Å². The number of piperazine rings is 1.